The van der Waals surface area contributed by atoms with E-state index < -0.39 is 6.10 Å². The number of thiazole rings is 1. The van der Waals surface area contributed by atoms with Crippen LogP contribution >= 0.6 is 11.3 Å². The zero-order valence-corrected chi connectivity index (χ0v) is 12.2. The largest absolute Gasteiger partial charge is 0.387 e. The van der Waals surface area contributed by atoms with E-state index in [1.807, 2.05) is 43.6 Å². The molecular formula is C15H20N2OS. The van der Waals surface area contributed by atoms with E-state index >= 15 is 0 Å². The molecule has 19 heavy (non-hydrogen) atoms. The summed E-state index contributed by atoms with van der Waals surface area (Å²) in [7, 11) is 2.01. The number of hydrogen-bond acceptors (Lipinski definition) is 4. The number of aromatic nitrogens is 1. The lowest BCUT2D eigenvalue weighted by atomic mass is 10.1. The summed E-state index contributed by atoms with van der Waals surface area (Å²) in [5, 5.41) is 11.3. The minimum absolute atomic E-state index is 0.447. The molecular weight excluding hydrogens is 256 g/mol. The van der Waals surface area contributed by atoms with Gasteiger partial charge in [-0.05, 0) is 19.0 Å². The molecule has 1 unspecified atom stereocenters. The number of rotatable bonds is 6. The molecule has 4 heteroatoms. The van der Waals surface area contributed by atoms with Gasteiger partial charge in [-0.15, -0.1) is 11.3 Å². The molecule has 1 aromatic heterocycles. The van der Waals surface area contributed by atoms with E-state index in [2.05, 4.69) is 16.8 Å². The van der Waals surface area contributed by atoms with E-state index in [1.54, 1.807) is 11.3 Å². The zero-order valence-electron chi connectivity index (χ0n) is 11.4. The number of aliphatic hydroxyl groups is 1. The summed E-state index contributed by atoms with van der Waals surface area (Å²) in [4.78, 5) is 7.82. The molecule has 0 aliphatic heterocycles. The number of likely N-dealkylation sites (N-methyl/N-ethyl adjacent to an activating group) is 1. The molecule has 0 saturated heterocycles. The predicted molar refractivity (Wildman–Crippen MR) is 79.2 cm³/mol. The van der Waals surface area contributed by atoms with Crippen LogP contribution < -0.4 is 0 Å². The van der Waals surface area contributed by atoms with Gasteiger partial charge < -0.3 is 5.11 Å². The minimum atomic E-state index is -0.447. The Hall–Kier alpha value is -1.23. The van der Waals surface area contributed by atoms with Crippen LogP contribution in [0.2, 0.25) is 0 Å². The summed E-state index contributed by atoms with van der Waals surface area (Å²) < 4.78 is 0. The molecule has 0 fully saturated rings. The zero-order chi connectivity index (χ0) is 13.7. The van der Waals surface area contributed by atoms with E-state index in [4.69, 9.17) is 0 Å². The van der Waals surface area contributed by atoms with E-state index in [1.165, 1.54) is 4.88 Å². The maximum absolute atomic E-state index is 10.2. The van der Waals surface area contributed by atoms with Crippen molar-refractivity contribution in [1.29, 1.82) is 0 Å². The summed E-state index contributed by atoms with van der Waals surface area (Å²) in [6.45, 7) is 3.54. The smallest absolute Gasteiger partial charge is 0.107 e. The Kier molecular flexibility index (Phi) is 5.07. The molecule has 3 nitrogen and oxygen atoms in total. The highest BCUT2D eigenvalue weighted by Crippen LogP contribution is 2.17. The second kappa shape index (κ2) is 6.80. The topological polar surface area (TPSA) is 36.4 Å². The average molecular weight is 276 g/mol. The van der Waals surface area contributed by atoms with Crippen molar-refractivity contribution in [2.24, 2.45) is 0 Å². The van der Waals surface area contributed by atoms with Crippen LogP contribution in [0.25, 0.3) is 0 Å². The van der Waals surface area contributed by atoms with Gasteiger partial charge in [0.1, 0.15) is 5.01 Å². The second-order valence-electron chi connectivity index (χ2n) is 4.70. The molecule has 2 aromatic rings. The lowest BCUT2D eigenvalue weighted by molar-refractivity contribution is 0.124. The molecule has 0 spiro atoms. The highest BCUT2D eigenvalue weighted by Gasteiger charge is 2.11. The van der Waals surface area contributed by atoms with Crippen molar-refractivity contribution in [2.75, 3.05) is 13.6 Å². The van der Waals surface area contributed by atoms with Gasteiger partial charge in [0.2, 0.25) is 0 Å². The average Bonchev–Trinajstić information content (AvgIpc) is 2.87. The molecule has 1 atom stereocenters. The Morgan fingerprint density at radius 2 is 2.05 bits per heavy atom. The van der Waals surface area contributed by atoms with Gasteiger partial charge in [-0.25, -0.2) is 4.98 Å². The van der Waals surface area contributed by atoms with Crippen molar-refractivity contribution < 1.29 is 5.11 Å². The monoisotopic (exact) mass is 276 g/mol. The number of nitrogens with zero attached hydrogens (tertiary/aromatic N) is 2. The summed E-state index contributed by atoms with van der Waals surface area (Å²) in [5.74, 6) is 0. The van der Waals surface area contributed by atoms with Crippen LogP contribution in [0.3, 0.4) is 0 Å². The summed E-state index contributed by atoms with van der Waals surface area (Å²) in [6, 6.07) is 9.77. The molecule has 0 aliphatic carbocycles. The van der Waals surface area contributed by atoms with E-state index in [0.29, 0.717) is 6.54 Å². The molecule has 0 radical (unpaired) electrons. The van der Waals surface area contributed by atoms with Gasteiger partial charge in [0, 0.05) is 17.6 Å². The third-order valence-electron chi connectivity index (χ3n) is 3.02. The van der Waals surface area contributed by atoms with Crippen molar-refractivity contribution in [3.05, 3.63) is 52.0 Å². The van der Waals surface area contributed by atoms with E-state index in [0.717, 1.165) is 23.5 Å². The highest BCUT2D eigenvalue weighted by molar-refractivity contribution is 7.11. The van der Waals surface area contributed by atoms with Crippen LogP contribution in [-0.2, 0) is 13.0 Å². The van der Waals surface area contributed by atoms with Gasteiger partial charge in [0.05, 0.1) is 12.6 Å². The second-order valence-corrected chi connectivity index (χ2v) is 5.90. The Morgan fingerprint density at radius 1 is 1.32 bits per heavy atom. The normalized spacial score (nSPS) is 12.8. The van der Waals surface area contributed by atoms with E-state index in [9.17, 15) is 5.11 Å². The van der Waals surface area contributed by atoms with Crippen LogP contribution in [0.15, 0.2) is 36.5 Å². The Balaban J connectivity index is 1.88. The van der Waals surface area contributed by atoms with E-state index in [-0.39, 0.29) is 0 Å². The van der Waals surface area contributed by atoms with Crippen LogP contribution in [0.1, 0.15) is 28.5 Å². The first kappa shape index (κ1) is 14.2. The van der Waals surface area contributed by atoms with Crippen molar-refractivity contribution in [2.45, 2.75) is 26.0 Å². The molecule has 0 aliphatic rings. The van der Waals surface area contributed by atoms with Gasteiger partial charge in [-0.2, -0.15) is 0 Å². The van der Waals surface area contributed by atoms with Gasteiger partial charge in [0.15, 0.2) is 0 Å². The fourth-order valence-corrected chi connectivity index (χ4v) is 2.90. The van der Waals surface area contributed by atoms with Crippen molar-refractivity contribution in [3.8, 4) is 0 Å². The predicted octanol–water partition coefficient (Wildman–Crippen LogP) is 2.87. The van der Waals surface area contributed by atoms with Gasteiger partial charge in [-0.1, -0.05) is 37.3 Å². The lowest BCUT2D eigenvalue weighted by Crippen LogP contribution is -2.24. The molecule has 1 N–H and O–H groups in total. The summed E-state index contributed by atoms with van der Waals surface area (Å²) in [6.07, 6.45) is 2.53. The Labute approximate surface area is 118 Å². The Morgan fingerprint density at radius 3 is 2.68 bits per heavy atom. The van der Waals surface area contributed by atoms with Gasteiger partial charge in [0.25, 0.3) is 0 Å². The first-order valence-corrected chi connectivity index (χ1v) is 7.35. The maximum Gasteiger partial charge on any atom is 0.107 e. The third kappa shape index (κ3) is 4.13. The molecule has 102 valence electrons. The van der Waals surface area contributed by atoms with Crippen LogP contribution in [0.5, 0.6) is 0 Å². The lowest BCUT2D eigenvalue weighted by Gasteiger charge is -2.19. The number of hydrogen-bond donors (Lipinski definition) is 1. The highest BCUT2D eigenvalue weighted by atomic mass is 32.1. The molecule has 2 rings (SSSR count). The van der Waals surface area contributed by atoms with Crippen molar-refractivity contribution in [1.82, 2.24) is 9.88 Å². The number of aryl methyl sites for hydroxylation is 1. The van der Waals surface area contributed by atoms with Gasteiger partial charge in [-0.3, -0.25) is 4.90 Å². The first-order chi connectivity index (χ1) is 9.19. The SMILES string of the molecule is CCc1cnc(CN(C)CC(O)c2ccccc2)s1. The first-order valence-electron chi connectivity index (χ1n) is 6.54. The third-order valence-corrected chi connectivity index (χ3v) is 4.15. The van der Waals surface area contributed by atoms with Crippen LogP contribution in [-0.4, -0.2) is 28.6 Å². The fraction of sp³-hybridized carbons (Fsp3) is 0.400. The number of aliphatic hydroxyl groups excluding tert-OH is 1. The summed E-state index contributed by atoms with van der Waals surface area (Å²) >= 11 is 1.75. The maximum atomic E-state index is 10.2. The standard InChI is InChI=1S/C15H20N2OS/c1-3-13-9-16-15(19-13)11-17(2)10-14(18)12-7-5-4-6-8-12/h4-9,14,18H,3,10-11H2,1-2H3. The number of benzene rings is 1. The quantitative estimate of drug-likeness (QED) is 0.881. The van der Waals surface area contributed by atoms with Crippen molar-refractivity contribution in [3.63, 3.8) is 0 Å². The molecule has 0 bridgehead atoms. The minimum Gasteiger partial charge on any atom is -0.387 e. The summed E-state index contributed by atoms with van der Waals surface area (Å²) in [5.41, 5.74) is 0.961. The molecule has 0 amide bonds. The Bertz CT molecular complexity index is 498. The molecule has 1 heterocycles. The fourth-order valence-electron chi connectivity index (χ4n) is 1.96. The van der Waals surface area contributed by atoms with Crippen LogP contribution in [0.4, 0.5) is 0 Å². The van der Waals surface area contributed by atoms with Gasteiger partial charge >= 0.3 is 0 Å². The molecule has 0 saturated carbocycles. The van der Waals surface area contributed by atoms with Crippen LogP contribution in [0, 0.1) is 0 Å². The molecule has 1 aromatic carbocycles. The van der Waals surface area contributed by atoms with Crippen molar-refractivity contribution >= 4 is 11.3 Å².